The van der Waals surface area contributed by atoms with E-state index < -0.39 is 15.9 Å². The molecule has 3 rings (SSSR count). The molecule has 0 saturated carbocycles. The summed E-state index contributed by atoms with van der Waals surface area (Å²) in [7, 11) is 0.975. The highest BCUT2D eigenvalue weighted by molar-refractivity contribution is 7.89. The van der Waals surface area contributed by atoms with Gasteiger partial charge in [0.15, 0.2) is 5.82 Å². The van der Waals surface area contributed by atoms with E-state index in [-0.39, 0.29) is 15.5 Å². The minimum Gasteiger partial charge on any atom is -0.352 e. The van der Waals surface area contributed by atoms with E-state index in [4.69, 9.17) is 11.6 Å². The average Bonchev–Trinajstić information content (AvgIpc) is 3.09. The van der Waals surface area contributed by atoms with Crippen LogP contribution in [0.25, 0.3) is 11.4 Å². The number of aromatic nitrogens is 3. The highest BCUT2D eigenvalue weighted by Gasteiger charge is 2.21. The second-order valence-electron chi connectivity index (χ2n) is 6.78. The van der Waals surface area contributed by atoms with Crippen LogP contribution in [0.4, 0.5) is 0 Å². The number of amides is 1. The second kappa shape index (κ2) is 8.95. The van der Waals surface area contributed by atoms with Crippen molar-refractivity contribution in [1.29, 1.82) is 0 Å². The van der Waals surface area contributed by atoms with Gasteiger partial charge in [0.05, 0.1) is 15.5 Å². The second-order valence-corrected chi connectivity index (χ2v) is 9.34. The number of sulfonamides is 1. The largest absolute Gasteiger partial charge is 0.352 e. The molecule has 0 atom stereocenters. The maximum absolute atomic E-state index is 12.6. The van der Waals surface area contributed by atoms with Gasteiger partial charge in [0.2, 0.25) is 10.0 Å². The summed E-state index contributed by atoms with van der Waals surface area (Å²) in [6.07, 6.45) is 0.454. The summed E-state index contributed by atoms with van der Waals surface area (Å²) in [5.41, 5.74) is 1.01. The molecule has 0 spiro atoms. The zero-order valence-corrected chi connectivity index (χ0v) is 18.4. The van der Waals surface area contributed by atoms with Crippen LogP contribution in [-0.2, 0) is 23.5 Å². The van der Waals surface area contributed by atoms with Crippen LogP contribution >= 0.6 is 11.6 Å². The SMILES string of the molecule is CN(C)S(=O)(=O)c1ccc(Cl)c(C(=O)NCCc2nc(-c3ccccc3)nn2C)c1. The molecule has 1 N–H and O–H groups in total. The fourth-order valence-corrected chi connectivity index (χ4v) is 3.91. The Kier molecular flexibility index (Phi) is 6.55. The quantitative estimate of drug-likeness (QED) is 0.599. The lowest BCUT2D eigenvalue weighted by Gasteiger charge is -2.13. The van der Waals surface area contributed by atoms with Crippen molar-refractivity contribution in [3.05, 3.63) is 64.9 Å². The molecule has 0 radical (unpaired) electrons. The highest BCUT2D eigenvalue weighted by atomic mass is 35.5. The molecule has 0 aliphatic heterocycles. The molecule has 10 heteroatoms. The first-order valence-electron chi connectivity index (χ1n) is 9.16. The molecule has 2 aromatic carbocycles. The van der Waals surface area contributed by atoms with Crippen molar-refractivity contribution in [2.75, 3.05) is 20.6 Å². The van der Waals surface area contributed by atoms with Crippen LogP contribution in [0.5, 0.6) is 0 Å². The molecule has 0 bridgehead atoms. The van der Waals surface area contributed by atoms with Gasteiger partial charge in [-0.05, 0) is 18.2 Å². The van der Waals surface area contributed by atoms with E-state index in [1.54, 1.807) is 11.7 Å². The predicted molar refractivity (Wildman–Crippen MR) is 115 cm³/mol. The molecular formula is C20H22ClN5O3S. The molecule has 0 aliphatic carbocycles. The first kappa shape index (κ1) is 21.9. The van der Waals surface area contributed by atoms with Gasteiger partial charge in [0.1, 0.15) is 5.82 Å². The molecule has 8 nitrogen and oxygen atoms in total. The lowest BCUT2D eigenvalue weighted by atomic mass is 10.2. The zero-order valence-electron chi connectivity index (χ0n) is 16.8. The molecule has 30 heavy (non-hydrogen) atoms. The Morgan fingerprint density at radius 2 is 1.87 bits per heavy atom. The van der Waals surface area contributed by atoms with Gasteiger partial charge in [-0.25, -0.2) is 17.7 Å². The third kappa shape index (κ3) is 4.69. The Hall–Kier alpha value is -2.75. The summed E-state index contributed by atoms with van der Waals surface area (Å²) in [6.45, 7) is 0.292. The van der Waals surface area contributed by atoms with Crippen molar-refractivity contribution >= 4 is 27.5 Å². The maximum atomic E-state index is 12.6. The van der Waals surface area contributed by atoms with Crippen molar-refractivity contribution in [1.82, 2.24) is 24.4 Å². The van der Waals surface area contributed by atoms with E-state index in [9.17, 15) is 13.2 Å². The Morgan fingerprint density at radius 1 is 1.17 bits per heavy atom. The van der Waals surface area contributed by atoms with Crippen LogP contribution in [0, 0.1) is 0 Å². The minimum absolute atomic E-state index is 0.00264. The van der Waals surface area contributed by atoms with Crippen molar-refractivity contribution in [2.24, 2.45) is 7.05 Å². The molecule has 0 unspecified atom stereocenters. The summed E-state index contributed by atoms with van der Waals surface area (Å²) in [5.74, 6) is 0.870. The first-order valence-corrected chi connectivity index (χ1v) is 11.0. The number of nitrogens with zero attached hydrogens (tertiary/aromatic N) is 4. The molecule has 1 amide bonds. The van der Waals surface area contributed by atoms with Crippen LogP contribution < -0.4 is 5.32 Å². The molecule has 0 aliphatic rings. The van der Waals surface area contributed by atoms with E-state index in [2.05, 4.69) is 15.4 Å². The number of carbonyl (C=O) groups excluding carboxylic acids is 1. The van der Waals surface area contributed by atoms with Crippen molar-refractivity contribution < 1.29 is 13.2 Å². The standard InChI is InChI=1S/C20H22ClN5O3S/c1-25(2)30(28,29)15-9-10-17(21)16(13-15)20(27)22-12-11-18-23-19(24-26(18)3)14-7-5-4-6-8-14/h4-10,13H,11-12H2,1-3H3,(H,22,27). The lowest BCUT2D eigenvalue weighted by molar-refractivity contribution is 0.0954. The van der Waals surface area contributed by atoms with Crippen LogP contribution in [0.3, 0.4) is 0 Å². The molecule has 158 valence electrons. The number of benzene rings is 2. The van der Waals surface area contributed by atoms with Gasteiger partial charge in [-0.2, -0.15) is 5.10 Å². The first-order chi connectivity index (χ1) is 14.2. The Balaban J connectivity index is 1.69. The smallest absolute Gasteiger partial charge is 0.252 e. The summed E-state index contributed by atoms with van der Waals surface area (Å²) in [6, 6.07) is 13.7. The number of nitrogens with one attached hydrogen (secondary N) is 1. The third-order valence-corrected chi connectivity index (χ3v) is 6.62. The fraction of sp³-hybridized carbons (Fsp3) is 0.250. The summed E-state index contributed by atoms with van der Waals surface area (Å²) < 4.78 is 27.4. The van der Waals surface area contributed by atoms with E-state index in [0.717, 1.165) is 9.87 Å². The number of carbonyl (C=O) groups is 1. The number of halogens is 1. The van der Waals surface area contributed by atoms with Gasteiger partial charge in [0.25, 0.3) is 5.91 Å². The van der Waals surface area contributed by atoms with E-state index >= 15 is 0 Å². The molecule has 3 aromatic rings. The number of aryl methyl sites for hydroxylation is 1. The van der Waals surface area contributed by atoms with Crippen LogP contribution in [0.15, 0.2) is 53.4 Å². The number of hydrogen-bond donors (Lipinski definition) is 1. The van der Waals surface area contributed by atoms with Crippen LogP contribution in [-0.4, -0.2) is 54.0 Å². The lowest BCUT2D eigenvalue weighted by Crippen LogP contribution is -2.27. The van der Waals surface area contributed by atoms with Gasteiger partial charge in [-0.1, -0.05) is 41.9 Å². The summed E-state index contributed by atoms with van der Waals surface area (Å²) in [4.78, 5) is 17.1. The van der Waals surface area contributed by atoms with Crippen LogP contribution in [0.2, 0.25) is 5.02 Å². The van der Waals surface area contributed by atoms with Gasteiger partial charge in [-0.3, -0.25) is 9.48 Å². The van der Waals surface area contributed by atoms with E-state index in [1.807, 2.05) is 30.3 Å². The maximum Gasteiger partial charge on any atom is 0.252 e. The topological polar surface area (TPSA) is 97.2 Å². The van der Waals surface area contributed by atoms with Gasteiger partial charge in [-0.15, -0.1) is 0 Å². The number of rotatable bonds is 7. The third-order valence-electron chi connectivity index (χ3n) is 4.48. The van der Waals surface area contributed by atoms with Gasteiger partial charge < -0.3 is 5.32 Å². The molecule has 1 aromatic heterocycles. The normalized spacial score (nSPS) is 11.6. The Bertz CT molecular complexity index is 1160. The van der Waals surface area contributed by atoms with Crippen molar-refractivity contribution in [2.45, 2.75) is 11.3 Å². The summed E-state index contributed by atoms with van der Waals surface area (Å²) in [5, 5.41) is 7.34. The average molecular weight is 448 g/mol. The Labute approximate surface area is 180 Å². The predicted octanol–water partition coefficient (Wildman–Crippen LogP) is 2.36. The summed E-state index contributed by atoms with van der Waals surface area (Å²) >= 11 is 6.12. The highest BCUT2D eigenvalue weighted by Crippen LogP contribution is 2.22. The van der Waals surface area contributed by atoms with Crippen LogP contribution in [0.1, 0.15) is 16.2 Å². The van der Waals surface area contributed by atoms with Gasteiger partial charge in [0, 0.05) is 39.7 Å². The monoisotopic (exact) mass is 447 g/mol. The van der Waals surface area contributed by atoms with Crippen molar-refractivity contribution in [3.8, 4) is 11.4 Å². The van der Waals surface area contributed by atoms with E-state index in [1.165, 1.54) is 32.3 Å². The Morgan fingerprint density at radius 3 is 2.53 bits per heavy atom. The molecular weight excluding hydrogens is 426 g/mol. The molecule has 1 heterocycles. The molecule has 0 saturated heterocycles. The fourth-order valence-electron chi connectivity index (χ4n) is 2.78. The zero-order chi connectivity index (χ0) is 21.9. The number of hydrogen-bond acceptors (Lipinski definition) is 5. The minimum atomic E-state index is -3.67. The molecule has 0 fully saturated rings. The van der Waals surface area contributed by atoms with E-state index in [0.29, 0.717) is 24.6 Å². The van der Waals surface area contributed by atoms with Crippen molar-refractivity contribution in [3.63, 3.8) is 0 Å². The van der Waals surface area contributed by atoms with Gasteiger partial charge >= 0.3 is 0 Å².